The summed E-state index contributed by atoms with van der Waals surface area (Å²) in [6.07, 6.45) is 1.06. The third-order valence-electron chi connectivity index (χ3n) is 3.37. The molecule has 0 bridgehead atoms. The summed E-state index contributed by atoms with van der Waals surface area (Å²) in [5.41, 5.74) is 1.03. The van der Waals surface area contributed by atoms with Crippen LogP contribution in [0.5, 0.6) is 0 Å². The number of nitro groups is 1. The van der Waals surface area contributed by atoms with Crippen LogP contribution in [0.15, 0.2) is 59.6 Å². The molecule has 0 atom stereocenters. The number of benzene rings is 2. The van der Waals surface area contributed by atoms with Crippen molar-refractivity contribution in [3.05, 3.63) is 64.8 Å². The molecule has 0 saturated heterocycles. The van der Waals surface area contributed by atoms with Crippen LogP contribution in [0.2, 0.25) is 0 Å². The van der Waals surface area contributed by atoms with Crippen molar-refractivity contribution in [3.63, 3.8) is 0 Å². The van der Waals surface area contributed by atoms with E-state index < -0.39 is 15.0 Å². The number of non-ortho nitro benzene ring substituents is 1. The Kier molecular flexibility index (Phi) is 3.87. The first-order valence-corrected chi connectivity index (χ1v) is 8.17. The van der Waals surface area contributed by atoms with Crippen molar-refractivity contribution in [2.75, 3.05) is 5.32 Å². The molecule has 0 spiro atoms. The van der Waals surface area contributed by atoms with E-state index in [0.717, 1.165) is 6.20 Å². The quantitative estimate of drug-likeness (QED) is 0.423. The molecular formula is C15H11N3O5S. The van der Waals surface area contributed by atoms with Crippen molar-refractivity contribution >= 4 is 38.1 Å². The van der Waals surface area contributed by atoms with E-state index in [1.807, 2.05) is 0 Å². The Morgan fingerprint density at radius 1 is 1.08 bits per heavy atom. The number of nitrogens with one attached hydrogen (secondary N) is 1. The van der Waals surface area contributed by atoms with Crippen LogP contribution in [0.3, 0.4) is 0 Å². The van der Waals surface area contributed by atoms with E-state index >= 15 is 0 Å². The normalized spacial score (nSPS) is 11.4. The number of anilines is 2. The van der Waals surface area contributed by atoms with Gasteiger partial charge >= 0.3 is 0 Å². The molecule has 3 rings (SSSR count). The minimum Gasteiger partial charge on any atom is -0.354 e. The molecular weight excluding hydrogens is 334 g/mol. The summed E-state index contributed by atoms with van der Waals surface area (Å²) in [5.74, 6) is 0. The molecule has 24 heavy (non-hydrogen) atoms. The van der Waals surface area contributed by atoms with Gasteiger partial charge in [0.05, 0.1) is 22.3 Å². The topological polar surface area (TPSA) is 122 Å². The number of hydrogen-bond acceptors (Lipinski definition) is 6. The van der Waals surface area contributed by atoms with Gasteiger partial charge in [-0.25, -0.2) is 0 Å². The second kappa shape index (κ2) is 5.87. The molecule has 0 unspecified atom stereocenters. The van der Waals surface area contributed by atoms with E-state index in [9.17, 15) is 23.1 Å². The molecule has 0 aliphatic heterocycles. The first-order valence-electron chi connectivity index (χ1n) is 6.73. The van der Waals surface area contributed by atoms with Crippen LogP contribution in [0.4, 0.5) is 17.1 Å². The first-order chi connectivity index (χ1) is 11.4. The largest absolute Gasteiger partial charge is 0.354 e. The van der Waals surface area contributed by atoms with Crippen molar-refractivity contribution in [1.82, 2.24) is 4.98 Å². The number of nitro benzene ring substituents is 1. The zero-order valence-corrected chi connectivity index (χ0v) is 12.9. The average molecular weight is 345 g/mol. The van der Waals surface area contributed by atoms with Gasteiger partial charge in [0.25, 0.3) is 15.8 Å². The maximum atomic E-state index is 11.6. The van der Waals surface area contributed by atoms with Gasteiger partial charge < -0.3 is 5.32 Å². The zero-order valence-electron chi connectivity index (χ0n) is 12.1. The van der Waals surface area contributed by atoms with Crippen molar-refractivity contribution in [3.8, 4) is 0 Å². The van der Waals surface area contributed by atoms with Gasteiger partial charge in [-0.2, -0.15) is 8.42 Å². The Labute approximate surface area is 136 Å². The van der Waals surface area contributed by atoms with Gasteiger partial charge in [0, 0.05) is 23.2 Å². The molecule has 0 amide bonds. The molecule has 0 aliphatic rings. The van der Waals surface area contributed by atoms with E-state index in [2.05, 4.69) is 10.3 Å². The molecule has 1 aromatic heterocycles. The predicted molar refractivity (Wildman–Crippen MR) is 87.9 cm³/mol. The summed E-state index contributed by atoms with van der Waals surface area (Å²) in [7, 11) is -4.50. The molecule has 0 aliphatic carbocycles. The van der Waals surface area contributed by atoms with Gasteiger partial charge in [0.2, 0.25) is 0 Å². The van der Waals surface area contributed by atoms with Gasteiger partial charge in [0.15, 0.2) is 0 Å². The van der Waals surface area contributed by atoms with Gasteiger partial charge in [-0.05, 0) is 18.2 Å². The van der Waals surface area contributed by atoms with Crippen LogP contribution in [0, 0.1) is 10.1 Å². The monoisotopic (exact) mass is 345 g/mol. The van der Waals surface area contributed by atoms with Crippen LogP contribution < -0.4 is 5.32 Å². The summed E-state index contributed by atoms with van der Waals surface area (Å²) in [4.78, 5) is 13.8. The number of para-hydroxylation sites is 1. The Morgan fingerprint density at radius 2 is 1.75 bits per heavy atom. The molecule has 122 valence electrons. The lowest BCUT2D eigenvalue weighted by atomic mass is 10.2. The van der Waals surface area contributed by atoms with Crippen molar-refractivity contribution in [2.45, 2.75) is 4.90 Å². The molecule has 2 aromatic carbocycles. The Bertz CT molecular complexity index is 1030. The number of nitrogens with zero attached hydrogens (tertiary/aromatic N) is 2. The summed E-state index contributed by atoms with van der Waals surface area (Å²) in [6, 6.07) is 12.3. The maximum Gasteiger partial charge on any atom is 0.298 e. The zero-order chi connectivity index (χ0) is 17.3. The van der Waals surface area contributed by atoms with Crippen LogP contribution in [-0.4, -0.2) is 22.9 Å². The standard InChI is InChI=1S/C15H11N3O5S/c19-18(20)11-7-5-10(6-8-11)17-15-12-3-1-2-4-13(12)16-9-14(15)24(21,22)23/h1-9H,(H,16,17)(H,21,22,23). The summed E-state index contributed by atoms with van der Waals surface area (Å²) in [5, 5.41) is 14.1. The Balaban J connectivity index is 2.14. The lowest BCUT2D eigenvalue weighted by Gasteiger charge is -2.13. The predicted octanol–water partition coefficient (Wildman–Crippen LogP) is 3.13. The Morgan fingerprint density at radius 3 is 2.38 bits per heavy atom. The van der Waals surface area contributed by atoms with Gasteiger partial charge in [-0.15, -0.1) is 0 Å². The molecule has 1 heterocycles. The lowest BCUT2D eigenvalue weighted by molar-refractivity contribution is -0.384. The minimum absolute atomic E-state index is 0.0878. The number of aromatic nitrogens is 1. The number of fused-ring (bicyclic) bond motifs is 1. The second-order valence-electron chi connectivity index (χ2n) is 4.92. The van der Waals surface area contributed by atoms with Crippen LogP contribution in [0.25, 0.3) is 10.9 Å². The van der Waals surface area contributed by atoms with Crippen LogP contribution in [0.1, 0.15) is 0 Å². The molecule has 3 aromatic rings. The third kappa shape index (κ3) is 3.03. The summed E-state index contributed by atoms with van der Waals surface area (Å²) >= 11 is 0. The van der Waals surface area contributed by atoms with Crippen molar-refractivity contribution in [1.29, 1.82) is 0 Å². The number of rotatable bonds is 4. The molecule has 0 fully saturated rings. The number of hydrogen-bond donors (Lipinski definition) is 2. The minimum atomic E-state index is -4.50. The van der Waals surface area contributed by atoms with Gasteiger partial charge in [-0.1, -0.05) is 18.2 Å². The highest BCUT2D eigenvalue weighted by Gasteiger charge is 2.19. The van der Waals surface area contributed by atoms with E-state index in [-0.39, 0.29) is 16.3 Å². The SMILES string of the molecule is O=[N+]([O-])c1ccc(Nc2c(S(=O)(=O)O)cnc3ccccc23)cc1. The fourth-order valence-corrected chi connectivity index (χ4v) is 2.86. The molecule has 0 radical (unpaired) electrons. The van der Waals surface area contributed by atoms with Crippen LogP contribution in [-0.2, 0) is 10.1 Å². The van der Waals surface area contributed by atoms with E-state index in [4.69, 9.17) is 0 Å². The van der Waals surface area contributed by atoms with E-state index in [1.54, 1.807) is 24.3 Å². The van der Waals surface area contributed by atoms with Crippen molar-refractivity contribution in [2.24, 2.45) is 0 Å². The highest BCUT2D eigenvalue weighted by Crippen LogP contribution is 2.32. The fraction of sp³-hybridized carbons (Fsp3) is 0. The molecule has 2 N–H and O–H groups in total. The smallest absolute Gasteiger partial charge is 0.298 e. The van der Waals surface area contributed by atoms with Crippen molar-refractivity contribution < 1.29 is 17.9 Å². The second-order valence-corrected chi connectivity index (χ2v) is 6.31. The Hall–Kier alpha value is -3.04. The number of pyridine rings is 1. The highest BCUT2D eigenvalue weighted by molar-refractivity contribution is 7.86. The first kappa shape index (κ1) is 15.8. The lowest BCUT2D eigenvalue weighted by Crippen LogP contribution is -2.05. The molecule has 0 saturated carbocycles. The maximum absolute atomic E-state index is 11.6. The summed E-state index contributed by atoms with van der Waals surface area (Å²) in [6.45, 7) is 0. The third-order valence-corrected chi connectivity index (χ3v) is 4.23. The van der Waals surface area contributed by atoms with E-state index in [0.29, 0.717) is 16.6 Å². The average Bonchev–Trinajstić information content (AvgIpc) is 2.54. The van der Waals surface area contributed by atoms with Gasteiger partial charge in [0.1, 0.15) is 4.90 Å². The molecule has 9 heteroatoms. The van der Waals surface area contributed by atoms with E-state index in [1.165, 1.54) is 24.3 Å². The fourth-order valence-electron chi connectivity index (χ4n) is 2.26. The summed E-state index contributed by atoms with van der Waals surface area (Å²) < 4.78 is 32.7. The highest BCUT2D eigenvalue weighted by atomic mass is 32.2. The van der Waals surface area contributed by atoms with Gasteiger partial charge in [-0.3, -0.25) is 19.7 Å². The molecule has 8 nitrogen and oxygen atoms in total. The van der Waals surface area contributed by atoms with Crippen LogP contribution >= 0.6 is 0 Å².